The number of rotatable bonds is 3. The van der Waals surface area contributed by atoms with Crippen molar-refractivity contribution in [3.05, 3.63) is 29.6 Å². The molecule has 0 aliphatic carbocycles. The van der Waals surface area contributed by atoms with Gasteiger partial charge in [-0.05, 0) is 30.2 Å². The van der Waals surface area contributed by atoms with E-state index in [9.17, 15) is 14.0 Å². The van der Waals surface area contributed by atoms with Gasteiger partial charge in [-0.1, -0.05) is 6.92 Å². The quantitative estimate of drug-likeness (QED) is 0.905. The predicted octanol–water partition coefficient (Wildman–Crippen LogP) is 1.80. The number of carbonyl (C=O) groups is 2. The standard InChI is InChI=1S/C14H17FN2O2/c1-3-9-6-11(4-5-12(9)15)16-14(19)10-7-13(18)17(2)8-10/h4-6,10H,3,7-8H2,1-2H3,(H,16,19). The van der Waals surface area contributed by atoms with E-state index in [4.69, 9.17) is 0 Å². The van der Waals surface area contributed by atoms with Gasteiger partial charge in [0.15, 0.2) is 0 Å². The van der Waals surface area contributed by atoms with Crippen molar-refractivity contribution in [2.45, 2.75) is 19.8 Å². The van der Waals surface area contributed by atoms with Crippen LogP contribution in [0.25, 0.3) is 0 Å². The summed E-state index contributed by atoms with van der Waals surface area (Å²) in [5, 5.41) is 2.74. The van der Waals surface area contributed by atoms with Gasteiger partial charge in [0.05, 0.1) is 5.92 Å². The molecule has 4 nitrogen and oxygen atoms in total. The summed E-state index contributed by atoms with van der Waals surface area (Å²) in [7, 11) is 1.68. The molecule has 19 heavy (non-hydrogen) atoms. The molecule has 1 aromatic carbocycles. The molecule has 2 rings (SSSR count). The van der Waals surface area contributed by atoms with E-state index in [0.29, 0.717) is 24.2 Å². The van der Waals surface area contributed by atoms with Gasteiger partial charge in [-0.3, -0.25) is 9.59 Å². The minimum atomic E-state index is -0.326. The van der Waals surface area contributed by atoms with Gasteiger partial charge in [0.2, 0.25) is 11.8 Å². The summed E-state index contributed by atoms with van der Waals surface area (Å²) < 4.78 is 13.3. The van der Waals surface area contributed by atoms with Crippen molar-refractivity contribution < 1.29 is 14.0 Å². The number of amides is 2. The van der Waals surface area contributed by atoms with Crippen LogP contribution < -0.4 is 5.32 Å². The van der Waals surface area contributed by atoms with Crippen molar-refractivity contribution in [3.8, 4) is 0 Å². The maximum atomic E-state index is 13.3. The number of halogens is 1. The van der Waals surface area contributed by atoms with Gasteiger partial charge in [0.25, 0.3) is 0 Å². The average molecular weight is 264 g/mol. The number of likely N-dealkylation sites (tertiary alicyclic amines) is 1. The largest absolute Gasteiger partial charge is 0.345 e. The summed E-state index contributed by atoms with van der Waals surface area (Å²) in [6.07, 6.45) is 0.810. The van der Waals surface area contributed by atoms with Gasteiger partial charge in [0, 0.05) is 25.7 Å². The maximum absolute atomic E-state index is 13.3. The fourth-order valence-electron chi connectivity index (χ4n) is 2.21. The van der Waals surface area contributed by atoms with Crippen molar-refractivity contribution in [1.82, 2.24) is 4.90 Å². The summed E-state index contributed by atoms with van der Waals surface area (Å²) in [4.78, 5) is 24.9. The molecule has 1 aliphatic rings. The van der Waals surface area contributed by atoms with Gasteiger partial charge in [-0.25, -0.2) is 4.39 Å². The number of carbonyl (C=O) groups excluding carboxylic acids is 2. The first-order valence-corrected chi connectivity index (χ1v) is 6.34. The molecule has 1 fully saturated rings. The number of aryl methyl sites for hydroxylation is 1. The Morgan fingerprint density at radius 2 is 2.26 bits per heavy atom. The van der Waals surface area contributed by atoms with Crippen molar-refractivity contribution >= 4 is 17.5 Å². The van der Waals surface area contributed by atoms with Gasteiger partial charge in [-0.2, -0.15) is 0 Å². The molecule has 1 saturated heterocycles. The van der Waals surface area contributed by atoms with E-state index >= 15 is 0 Å². The van der Waals surface area contributed by atoms with E-state index in [1.165, 1.54) is 12.1 Å². The van der Waals surface area contributed by atoms with Crippen LogP contribution in [0.3, 0.4) is 0 Å². The zero-order chi connectivity index (χ0) is 14.0. The number of nitrogens with one attached hydrogen (secondary N) is 1. The summed E-state index contributed by atoms with van der Waals surface area (Å²) >= 11 is 0. The summed E-state index contributed by atoms with van der Waals surface area (Å²) in [5.74, 6) is -0.802. The van der Waals surface area contributed by atoms with Crippen LogP contribution in [-0.2, 0) is 16.0 Å². The van der Waals surface area contributed by atoms with E-state index in [0.717, 1.165) is 0 Å². The second-order valence-corrected chi connectivity index (χ2v) is 4.82. The second-order valence-electron chi connectivity index (χ2n) is 4.82. The molecular weight excluding hydrogens is 247 g/mol. The van der Waals surface area contributed by atoms with Crippen molar-refractivity contribution in [2.24, 2.45) is 5.92 Å². The first kappa shape index (κ1) is 13.5. The van der Waals surface area contributed by atoms with Gasteiger partial charge < -0.3 is 10.2 Å². The van der Waals surface area contributed by atoms with E-state index in [1.54, 1.807) is 18.0 Å². The Hall–Kier alpha value is -1.91. The van der Waals surface area contributed by atoms with Crippen LogP contribution in [0.5, 0.6) is 0 Å². The molecule has 1 heterocycles. The lowest BCUT2D eigenvalue weighted by Gasteiger charge is -2.12. The van der Waals surface area contributed by atoms with Crippen molar-refractivity contribution in [2.75, 3.05) is 18.9 Å². The van der Waals surface area contributed by atoms with Crippen LogP contribution in [0.2, 0.25) is 0 Å². The Morgan fingerprint density at radius 1 is 1.53 bits per heavy atom. The second kappa shape index (κ2) is 5.38. The van der Waals surface area contributed by atoms with Crippen LogP contribution in [0.4, 0.5) is 10.1 Å². The first-order valence-electron chi connectivity index (χ1n) is 6.34. The predicted molar refractivity (Wildman–Crippen MR) is 70.2 cm³/mol. The van der Waals surface area contributed by atoms with Gasteiger partial charge in [-0.15, -0.1) is 0 Å². The Labute approximate surface area is 111 Å². The minimum Gasteiger partial charge on any atom is -0.345 e. The van der Waals surface area contributed by atoms with E-state index in [-0.39, 0.29) is 30.0 Å². The summed E-state index contributed by atoms with van der Waals surface area (Å²) in [5.41, 5.74) is 1.14. The molecule has 0 bridgehead atoms. The molecule has 1 atom stereocenters. The lowest BCUT2D eigenvalue weighted by atomic mass is 10.1. The topological polar surface area (TPSA) is 49.4 Å². The number of anilines is 1. The SMILES string of the molecule is CCc1cc(NC(=O)C2CC(=O)N(C)C2)ccc1F. The fourth-order valence-corrected chi connectivity index (χ4v) is 2.21. The number of benzene rings is 1. The Balaban J connectivity index is 2.05. The molecule has 0 aromatic heterocycles. The monoisotopic (exact) mass is 264 g/mol. The highest BCUT2D eigenvalue weighted by molar-refractivity contribution is 5.97. The van der Waals surface area contributed by atoms with Crippen LogP contribution >= 0.6 is 0 Å². The third-order valence-electron chi connectivity index (χ3n) is 3.41. The highest BCUT2D eigenvalue weighted by Gasteiger charge is 2.32. The lowest BCUT2D eigenvalue weighted by molar-refractivity contribution is -0.127. The summed E-state index contributed by atoms with van der Waals surface area (Å²) in [6.45, 7) is 2.29. The number of hydrogen-bond donors (Lipinski definition) is 1. The Morgan fingerprint density at radius 3 is 2.84 bits per heavy atom. The van der Waals surface area contributed by atoms with Crippen LogP contribution in [0, 0.1) is 11.7 Å². The molecule has 1 aromatic rings. The number of nitrogens with zero attached hydrogens (tertiary/aromatic N) is 1. The van der Waals surface area contributed by atoms with E-state index in [1.807, 2.05) is 6.92 Å². The highest BCUT2D eigenvalue weighted by Crippen LogP contribution is 2.20. The highest BCUT2D eigenvalue weighted by atomic mass is 19.1. The molecule has 2 amide bonds. The van der Waals surface area contributed by atoms with Crippen molar-refractivity contribution in [3.63, 3.8) is 0 Å². The van der Waals surface area contributed by atoms with Gasteiger partial charge in [0.1, 0.15) is 5.82 Å². The Bertz CT molecular complexity index is 516. The molecule has 102 valence electrons. The van der Waals surface area contributed by atoms with Crippen LogP contribution in [0.15, 0.2) is 18.2 Å². The molecule has 5 heteroatoms. The third kappa shape index (κ3) is 2.92. The molecular formula is C14H17FN2O2. The Kier molecular flexibility index (Phi) is 3.83. The first-order chi connectivity index (χ1) is 9.01. The molecule has 0 saturated carbocycles. The molecule has 0 spiro atoms. The van der Waals surface area contributed by atoms with Crippen LogP contribution in [-0.4, -0.2) is 30.3 Å². The van der Waals surface area contributed by atoms with Crippen LogP contribution in [0.1, 0.15) is 18.9 Å². The molecule has 1 aliphatic heterocycles. The zero-order valence-electron chi connectivity index (χ0n) is 11.1. The van der Waals surface area contributed by atoms with Gasteiger partial charge >= 0.3 is 0 Å². The fraction of sp³-hybridized carbons (Fsp3) is 0.429. The normalized spacial score (nSPS) is 18.8. The molecule has 0 radical (unpaired) electrons. The minimum absolute atomic E-state index is 0.0199. The average Bonchev–Trinajstić information content (AvgIpc) is 2.72. The smallest absolute Gasteiger partial charge is 0.229 e. The van der Waals surface area contributed by atoms with E-state index < -0.39 is 0 Å². The van der Waals surface area contributed by atoms with E-state index in [2.05, 4.69) is 5.32 Å². The van der Waals surface area contributed by atoms with Crippen molar-refractivity contribution in [1.29, 1.82) is 0 Å². The molecule has 1 unspecified atom stereocenters. The maximum Gasteiger partial charge on any atom is 0.229 e. The zero-order valence-corrected chi connectivity index (χ0v) is 11.1. The lowest BCUT2D eigenvalue weighted by Crippen LogP contribution is -2.25. The third-order valence-corrected chi connectivity index (χ3v) is 3.41. The molecule has 1 N–H and O–H groups in total. The summed E-state index contributed by atoms with van der Waals surface area (Å²) in [6, 6.07) is 4.51. The number of hydrogen-bond acceptors (Lipinski definition) is 2.